The van der Waals surface area contributed by atoms with Gasteiger partial charge in [-0.25, -0.2) is 12.8 Å². The molecule has 3 rings (SSSR count). The molecule has 0 saturated heterocycles. The van der Waals surface area contributed by atoms with E-state index in [0.717, 1.165) is 0 Å². The Bertz CT molecular complexity index is 1150. The Morgan fingerprint density at radius 1 is 1.32 bits per heavy atom. The van der Waals surface area contributed by atoms with E-state index in [9.17, 15) is 17.6 Å². The molecule has 1 amide bonds. The SMILES string of the molecule is CCOc1ccncc1NS(=O)(=O)C1C(C(N)=O)=CC=CC1(C)Cc1ccccc1F. The van der Waals surface area contributed by atoms with E-state index in [1.54, 1.807) is 44.2 Å². The number of anilines is 1. The number of rotatable bonds is 8. The summed E-state index contributed by atoms with van der Waals surface area (Å²) in [5.74, 6) is -1.02. The van der Waals surface area contributed by atoms with Crippen molar-refractivity contribution in [3.63, 3.8) is 0 Å². The molecular weight excluding hydrogens is 421 g/mol. The van der Waals surface area contributed by atoms with E-state index in [4.69, 9.17) is 10.5 Å². The van der Waals surface area contributed by atoms with Gasteiger partial charge in [-0.05, 0) is 25.0 Å². The summed E-state index contributed by atoms with van der Waals surface area (Å²) in [5, 5.41) is -1.36. The Hall–Kier alpha value is -3.20. The van der Waals surface area contributed by atoms with Crippen molar-refractivity contribution >= 4 is 21.6 Å². The van der Waals surface area contributed by atoms with E-state index in [1.165, 1.54) is 30.6 Å². The first-order valence-electron chi connectivity index (χ1n) is 9.69. The van der Waals surface area contributed by atoms with Crippen LogP contribution < -0.4 is 15.2 Å². The highest BCUT2D eigenvalue weighted by Gasteiger charge is 2.47. The van der Waals surface area contributed by atoms with Crippen LogP contribution in [0.5, 0.6) is 5.75 Å². The lowest BCUT2D eigenvalue weighted by atomic mass is 9.75. The molecule has 9 heteroatoms. The fraction of sp³-hybridized carbons (Fsp3) is 0.273. The number of halogens is 1. The molecule has 2 atom stereocenters. The molecule has 3 N–H and O–H groups in total. The lowest BCUT2D eigenvalue weighted by Crippen LogP contribution is -2.47. The molecule has 7 nitrogen and oxygen atoms in total. The van der Waals surface area contributed by atoms with E-state index in [0.29, 0.717) is 17.9 Å². The lowest BCUT2D eigenvalue weighted by molar-refractivity contribution is -0.114. The molecule has 1 aliphatic rings. The maximum absolute atomic E-state index is 14.4. The molecule has 0 radical (unpaired) electrons. The van der Waals surface area contributed by atoms with Crippen LogP contribution in [0.15, 0.2) is 66.5 Å². The quantitative estimate of drug-likeness (QED) is 0.649. The van der Waals surface area contributed by atoms with Crippen molar-refractivity contribution < 1.29 is 22.3 Å². The number of pyridine rings is 1. The van der Waals surface area contributed by atoms with Gasteiger partial charge in [-0.3, -0.25) is 14.5 Å². The highest BCUT2D eigenvalue weighted by atomic mass is 32.2. The Balaban J connectivity index is 2.06. The summed E-state index contributed by atoms with van der Waals surface area (Å²) < 4.78 is 49.4. The normalized spacial score (nSPS) is 20.7. The largest absolute Gasteiger partial charge is 0.492 e. The Labute approximate surface area is 180 Å². The van der Waals surface area contributed by atoms with Gasteiger partial charge < -0.3 is 10.5 Å². The molecule has 0 bridgehead atoms. The van der Waals surface area contributed by atoms with Gasteiger partial charge >= 0.3 is 0 Å². The Kier molecular flexibility index (Phi) is 6.45. The van der Waals surface area contributed by atoms with Crippen LogP contribution in [0.3, 0.4) is 0 Å². The number of amides is 1. The third kappa shape index (κ3) is 4.77. The van der Waals surface area contributed by atoms with Gasteiger partial charge in [0.2, 0.25) is 15.9 Å². The fourth-order valence-corrected chi connectivity index (χ4v) is 5.77. The molecule has 1 aromatic heterocycles. The summed E-state index contributed by atoms with van der Waals surface area (Å²) in [5.41, 5.74) is 4.75. The van der Waals surface area contributed by atoms with E-state index < -0.39 is 32.4 Å². The van der Waals surface area contributed by atoms with Crippen molar-refractivity contribution in [1.29, 1.82) is 0 Å². The minimum absolute atomic E-state index is 0.0394. The third-order valence-electron chi connectivity index (χ3n) is 5.09. The Morgan fingerprint density at radius 3 is 2.74 bits per heavy atom. The zero-order valence-corrected chi connectivity index (χ0v) is 18.0. The average Bonchev–Trinajstić information content (AvgIpc) is 2.70. The smallest absolute Gasteiger partial charge is 0.246 e. The summed E-state index contributed by atoms with van der Waals surface area (Å²) in [6, 6.07) is 7.65. The number of nitrogens with zero attached hydrogens (tertiary/aromatic N) is 1. The van der Waals surface area contributed by atoms with Crippen LogP contribution in [-0.2, 0) is 21.2 Å². The maximum atomic E-state index is 14.4. The highest BCUT2D eigenvalue weighted by Crippen LogP contribution is 2.41. The van der Waals surface area contributed by atoms with Crippen LogP contribution in [-0.4, -0.2) is 31.2 Å². The predicted molar refractivity (Wildman–Crippen MR) is 116 cm³/mol. The van der Waals surface area contributed by atoms with Gasteiger partial charge in [0.1, 0.15) is 22.5 Å². The van der Waals surface area contributed by atoms with Gasteiger partial charge in [-0.1, -0.05) is 43.4 Å². The molecule has 1 aromatic carbocycles. The van der Waals surface area contributed by atoms with Crippen molar-refractivity contribution in [2.24, 2.45) is 11.1 Å². The van der Waals surface area contributed by atoms with E-state index in [2.05, 4.69) is 9.71 Å². The number of carbonyl (C=O) groups is 1. The molecule has 0 aliphatic heterocycles. The van der Waals surface area contributed by atoms with E-state index >= 15 is 0 Å². The molecule has 0 saturated carbocycles. The molecule has 2 aromatic rings. The summed E-state index contributed by atoms with van der Waals surface area (Å²) in [6.07, 6.45) is 7.44. The Morgan fingerprint density at radius 2 is 2.06 bits per heavy atom. The number of nitrogens with one attached hydrogen (secondary N) is 1. The summed E-state index contributed by atoms with van der Waals surface area (Å²) in [4.78, 5) is 16.1. The molecule has 164 valence electrons. The number of nitrogens with two attached hydrogens (primary N) is 1. The first-order chi connectivity index (χ1) is 14.7. The maximum Gasteiger partial charge on any atom is 0.246 e. The minimum Gasteiger partial charge on any atom is -0.492 e. The van der Waals surface area contributed by atoms with E-state index in [1.807, 2.05) is 0 Å². The monoisotopic (exact) mass is 445 g/mol. The molecule has 0 fully saturated rings. The van der Waals surface area contributed by atoms with Crippen LogP contribution in [0, 0.1) is 11.2 Å². The minimum atomic E-state index is -4.22. The number of primary amides is 1. The van der Waals surface area contributed by atoms with Gasteiger partial charge in [0.05, 0.1) is 12.8 Å². The first-order valence-corrected chi connectivity index (χ1v) is 11.2. The standard InChI is InChI=1S/C22H24FN3O4S/c1-3-30-19-10-12-25-14-18(19)26-31(28,29)20-16(21(24)27)8-6-11-22(20,2)13-15-7-4-5-9-17(15)23/h4-12,14,20,26H,3,13H2,1-2H3,(H2,24,27). The zero-order chi connectivity index (χ0) is 22.6. The van der Waals surface area contributed by atoms with Crippen molar-refractivity contribution in [3.05, 3.63) is 77.9 Å². The molecule has 0 spiro atoms. The first kappa shape index (κ1) is 22.5. The van der Waals surface area contributed by atoms with Crippen LogP contribution >= 0.6 is 0 Å². The van der Waals surface area contributed by atoms with Crippen LogP contribution in [0.4, 0.5) is 10.1 Å². The molecule has 1 heterocycles. The molecule has 1 aliphatic carbocycles. The number of ether oxygens (including phenoxy) is 1. The van der Waals surface area contributed by atoms with Crippen LogP contribution in [0.2, 0.25) is 0 Å². The average molecular weight is 446 g/mol. The van der Waals surface area contributed by atoms with Gasteiger partial charge in [0.15, 0.2) is 0 Å². The highest BCUT2D eigenvalue weighted by molar-refractivity contribution is 7.93. The summed E-state index contributed by atoms with van der Waals surface area (Å²) in [6.45, 7) is 3.74. The number of allylic oxidation sites excluding steroid dienone is 3. The van der Waals surface area contributed by atoms with Gasteiger partial charge in [-0.2, -0.15) is 0 Å². The van der Waals surface area contributed by atoms with Crippen molar-refractivity contribution in [2.75, 3.05) is 11.3 Å². The van der Waals surface area contributed by atoms with Gasteiger partial charge in [0.25, 0.3) is 0 Å². The molecule has 2 unspecified atom stereocenters. The molecular formula is C22H24FN3O4S. The summed E-state index contributed by atoms with van der Waals surface area (Å²) >= 11 is 0. The van der Waals surface area contributed by atoms with Crippen LogP contribution in [0.25, 0.3) is 0 Å². The zero-order valence-electron chi connectivity index (χ0n) is 17.2. The van der Waals surface area contributed by atoms with Gasteiger partial charge in [-0.15, -0.1) is 0 Å². The number of sulfonamides is 1. The van der Waals surface area contributed by atoms with Crippen molar-refractivity contribution in [1.82, 2.24) is 4.98 Å². The van der Waals surface area contributed by atoms with Crippen LogP contribution in [0.1, 0.15) is 19.4 Å². The second-order valence-corrected chi connectivity index (χ2v) is 9.22. The fourth-order valence-electron chi connectivity index (χ4n) is 3.79. The second-order valence-electron chi connectivity index (χ2n) is 7.45. The topological polar surface area (TPSA) is 111 Å². The second kappa shape index (κ2) is 8.89. The van der Waals surface area contributed by atoms with Crippen molar-refractivity contribution in [2.45, 2.75) is 25.5 Å². The number of aromatic nitrogens is 1. The van der Waals surface area contributed by atoms with E-state index in [-0.39, 0.29) is 17.7 Å². The molecule has 31 heavy (non-hydrogen) atoms. The van der Waals surface area contributed by atoms with Crippen molar-refractivity contribution in [3.8, 4) is 5.75 Å². The number of carbonyl (C=O) groups excluding carboxylic acids is 1. The third-order valence-corrected chi connectivity index (χ3v) is 7.01. The lowest BCUT2D eigenvalue weighted by Gasteiger charge is -2.37. The number of hydrogen-bond donors (Lipinski definition) is 2. The number of benzene rings is 1. The summed E-state index contributed by atoms with van der Waals surface area (Å²) in [7, 11) is -4.22. The van der Waals surface area contributed by atoms with Gasteiger partial charge in [0, 0.05) is 23.3 Å². The number of hydrogen-bond acceptors (Lipinski definition) is 5. The predicted octanol–water partition coefficient (Wildman–Crippen LogP) is 2.96.